The van der Waals surface area contributed by atoms with E-state index in [-0.39, 0.29) is 5.69 Å². The van der Waals surface area contributed by atoms with Gasteiger partial charge in [-0.25, -0.2) is 4.98 Å². The van der Waals surface area contributed by atoms with Crippen LogP contribution >= 0.6 is 11.3 Å². The highest BCUT2D eigenvalue weighted by atomic mass is 32.1. The number of nitrogens with one attached hydrogen (secondary N) is 1. The first-order valence-electron chi connectivity index (χ1n) is 7.68. The van der Waals surface area contributed by atoms with E-state index in [9.17, 15) is 18.0 Å². The van der Waals surface area contributed by atoms with Gasteiger partial charge in [0.25, 0.3) is 0 Å². The Morgan fingerprint density at radius 1 is 1.28 bits per heavy atom. The number of imidazole rings is 1. The fraction of sp³-hybridized carbons (Fsp3) is 0.294. The molecule has 25 heavy (non-hydrogen) atoms. The van der Waals surface area contributed by atoms with Crippen molar-refractivity contribution in [1.82, 2.24) is 9.55 Å². The van der Waals surface area contributed by atoms with E-state index in [1.807, 2.05) is 34.1 Å². The number of hydrogen-bond acceptors (Lipinski definition) is 3. The second-order valence-corrected chi connectivity index (χ2v) is 6.96. The van der Waals surface area contributed by atoms with Crippen molar-refractivity contribution in [3.05, 3.63) is 35.7 Å². The molecule has 0 radical (unpaired) electrons. The summed E-state index contributed by atoms with van der Waals surface area (Å²) in [5, 5.41) is 3.59. The van der Waals surface area contributed by atoms with Crippen molar-refractivity contribution in [2.45, 2.75) is 26.6 Å². The summed E-state index contributed by atoms with van der Waals surface area (Å²) >= 11 is 1.25. The number of hydrogen-bond donors (Lipinski definition) is 1. The smallest absolute Gasteiger partial charge is 0.323 e. The maximum absolute atomic E-state index is 12.6. The summed E-state index contributed by atoms with van der Waals surface area (Å²) in [7, 11) is 0. The van der Waals surface area contributed by atoms with Gasteiger partial charge in [0.1, 0.15) is 0 Å². The highest BCUT2D eigenvalue weighted by molar-refractivity contribution is 7.14. The number of aromatic nitrogens is 2. The largest absolute Gasteiger partial charge is 0.471 e. The number of fused-ring (bicyclic) bond motifs is 1. The molecule has 0 saturated carbocycles. The van der Waals surface area contributed by atoms with E-state index in [1.54, 1.807) is 5.38 Å². The van der Waals surface area contributed by atoms with Crippen molar-refractivity contribution < 1.29 is 18.0 Å². The van der Waals surface area contributed by atoms with Gasteiger partial charge in [-0.05, 0) is 29.5 Å². The van der Waals surface area contributed by atoms with Crippen molar-refractivity contribution in [3.63, 3.8) is 0 Å². The van der Waals surface area contributed by atoms with Crippen molar-refractivity contribution in [2.24, 2.45) is 5.92 Å². The molecule has 0 unspecified atom stereocenters. The number of carbonyl (C=O) groups excluding carboxylic acids is 1. The highest BCUT2D eigenvalue weighted by Gasteiger charge is 2.39. The van der Waals surface area contributed by atoms with Gasteiger partial charge in [-0.15, -0.1) is 11.3 Å². The van der Waals surface area contributed by atoms with Crippen LogP contribution in [-0.2, 0) is 11.3 Å². The molecule has 1 amide bonds. The van der Waals surface area contributed by atoms with Gasteiger partial charge < -0.3 is 9.88 Å². The number of halogens is 3. The SMILES string of the molecule is CC(C)Cn1c(-c2sccc2NC(=O)C(F)(F)F)nc2ccccc21. The van der Waals surface area contributed by atoms with Crippen molar-refractivity contribution in [1.29, 1.82) is 0 Å². The van der Waals surface area contributed by atoms with Gasteiger partial charge >= 0.3 is 12.1 Å². The second kappa shape index (κ2) is 6.51. The molecule has 3 aromatic rings. The van der Waals surface area contributed by atoms with Crippen LogP contribution < -0.4 is 5.32 Å². The zero-order valence-electron chi connectivity index (χ0n) is 13.6. The summed E-state index contributed by atoms with van der Waals surface area (Å²) in [6.45, 7) is 4.78. The topological polar surface area (TPSA) is 46.9 Å². The Morgan fingerprint density at radius 3 is 2.68 bits per heavy atom. The fourth-order valence-electron chi connectivity index (χ4n) is 2.57. The lowest BCUT2D eigenvalue weighted by molar-refractivity contribution is -0.167. The van der Waals surface area contributed by atoms with Gasteiger partial charge in [-0.3, -0.25) is 4.79 Å². The number of para-hydroxylation sites is 2. The van der Waals surface area contributed by atoms with E-state index in [1.165, 1.54) is 17.4 Å². The number of carbonyl (C=O) groups is 1. The van der Waals surface area contributed by atoms with Gasteiger partial charge in [-0.2, -0.15) is 13.2 Å². The van der Waals surface area contributed by atoms with Crippen LogP contribution in [0.25, 0.3) is 21.7 Å². The van der Waals surface area contributed by atoms with E-state index in [2.05, 4.69) is 18.8 Å². The zero-order chi connectivity index (χ0) is 18.2. The number of amides is 1. The molecule has 132 valence electrons. The molecule has 8 heteroatoms. The average Bonchev–Trinajstić information content (AvgIpc) is 3.11. The van der Waals surface area contributed by atoms with Gasteiger partial charge in [-0.1, -0.05) is 26.0 Å². The molecule has 0 atom stereocenters. The first-order chi connectivity index (χ1) is 11.8. The van der Waals surface area contributed by atoms with Crippen LogP contribution in [0.15, 0.2) is 35.7 Å². The lowest BCUT2D eigenvalue weighted by Gasteiger charge is -2.13. The summed E-state index contributed by atoms with van der Waals surface area (Å²) in [5.74, 6) is -1.11. The van der Waals surface area contributed by atoms with E-state index >= 15 is 0 Å². The Kier molecular flexibility index (Phi) is 4.55. The molecule has 0 fully saturated rings. The average molecular weight is 367 g/mol. The minimum atomic E-state index is -4.93. The van der Waals surface area contributed by atoms with Crippen LogP contribution in [0.2, 0.25) is 0 Å². The van der Waals surface area contributed by atoms with Crippen LogP contribution in [0.4, 0.5) is 18.9 Å². The first-order valence-corrected chi connectivity index (χ1v) is 8.56. The normalized spacial score (nSPS) is 12.1. The summed E-state index contributed by atoms with van der Waals surface area (Å²) in [4.78, 5) is 16.4. The van der Waals surface area contributed by atoms with Gasteiger partial charge in [0.05, 0.1) is 21.6 Å². The number of anilines is 1. The minimum Gasteiger partial charge on any atom is -0.323 e. The van der Waals surface area contributed by atoms with Crippen molar-refractivity contribution >= 4 is 34.0 Å². The predicted octanol–water partition coefficient (Wildman–Crippen LogP) is 4.92. The maximum Gasteiger partial charge on any atom is 0.471 e. The van der Waals surface area contributed by atoms with Crippen LogP contribution in [0, 0.1) is 5.92 Å². The highest BCUT2D eigenvalue weighted by Crippen LogP contribution is 2.36. The molecule has 2 heterocycles. The number of nitrogens with zero attached hydrogens (tertiary/aromatic N) is 2. The molecule has 2 aromatic heterocycles. The third-order valence-electron chi connectivity index (χ3n) is 3.58. The third-order valence-corrected chi connectivity index (χ3v) is 4.49. The Bertz CT molecular complexity index is 911. The summed E-state index contributed by atoms with van der Waals surface area (Å²) in [6.07, 6.45) is -4.93. The van der Waals surface area contributed by atoms with E-state index < -0.39 is 12.1 Å². The van der Waals surface area contributed by atoms with Crippen LogP contribution in [0.3, 0.4) is 0 Å². The first kappa shape index (κ1) is 17.5. The molecule has 0 aliphatic heterocycles. The Hall–Kier alpha value is -2.35. The molecule has 3 rings (SSSR count). The predicted molar refractivity (Wildman–Crippen MR) is 92.6 cm³/mol. The Labute approximate surface area is 146 Å². The molecule has 0 spiro atoms. The number of alkyl halides is 3. The molecule has 0 bridgehead atoms. The van der Waals surface area contributed by atoms with Crippen molar-refractivity contribution in [3.8, 4) is 10.7 Å². The van der Waals surface area contributed by atoms with Gasteiger partial charge in [0.15, 0.2) is 5.82 Å². The molecule has 1 aromatic carbocycles. The third kappa shape index (κ3) is 3.53. The van der Waals surface area contributed by atoms with Gasteiger partial charge in [0.2, 0.25) is 0 Å². The quantitative estimate of drug-likeness (QED) is 0.711. The molecule has 4 nitrogen and oxygen atoms in total. The summed E-state index contributed by atoms with van der Waals surface area (Å²) in [5.41, 5.74) is 1.79. The Balaban J connectivity index is 2.08. The molecule has 1 N–H and O–H groups in total. The second-order valence-electron chi connectivity index (χ2n) is 6.04. The van der Waals surface area contributed by atoms with Crippen LogP contribution in [0.5, 0.6) is 0 Å². The number of thiophene rings is 1. The minimum absolute atomic E-state index is 0.118. The molecule has 0 saturated heterocycles. The fourth-order valence-corrected chi connectivity index (χ4v) is 3.42. The maximum atomic E-state index is 12.6. The Morgan fingerprint density at radius 2 is 2.00 bits per heavy atom. The zero-order valence-corrected chi connectivity index (χ0v) is 14.4. The van der Waals surface area contributed by atoms with Gasteiger partial charge in [0, 0.05) is 6.54 Å². The van der Waals surface area contributed by atoms with Crippen LogP contribution in [0.1, 0.15) is 13.8 Å². The molecular formula is C17H16F3N3OS. The summed E-state index contributed by atoms with van der Waals surface area (Å²) < 4.78 is 39.7. The van der Waals surface area contributed by atoms with E-state index in [0.717, 1.165) is 11.0 Å². The lowest BCUT2D eigenvalue weighted by Crippen LogP contribution is -2.29. The lowest BCUT2D eigenvalue weighted by atomic mass is 10.2. The number of benzene rings is 1. The standard InChI is InChI=1S/C17H16F3N3OS/c1-10(2)9-23-13-6-4-3-5-11(13)21-15(23)14-12(7-8-25-14)22-16(24)17(18,19)20/h3-8,10H,9H2,1-2H3,(H,22,24). The van der Waals surface area contributed by atoms with Crippen molar-refractivity contribution in [2.75, 3.05) is 5.32 Å². The van der Waals surface area contributed by atoms with Crippen LogP contribution in [-0.4, -0.2) is 21.6 Å². The molecule has 0 aliphatic carbocycles. The molecular weight excluding hydrogens is 351 g/mol. The van der Waals surface area contributed by atoms with E-state index in [4.69, 9.17) is 0 Å². The number of rotatable bonds is 4. The van der Waals surface area contributed by atoms with E-state index in [0.29, 0.717) is 23.2 Å². The molecule has 0 aliphatic rings. The summed E-state index contributed by atoms with van der Waals surface area (Å²) in [6, 6.07) is 9.00. The monoisotopic (exact) mass is 367 g/mol.